The van der Waals surface area contributed by atoms with Crippen LogP contribution in [-0.2, 0) is 28.0 Å². The molecule has 2 fully saturated rings. The Hall–Kier alpha value is -4.14. The molecule has 3 aliphatic rings. The van der Waals surface area contributed by atoms with E-state index in [1.165, 1.54) is 0 Å². The Balaban J connectivity index is 1.23. The number of nitrogens with zero attached hydrogens (tertiary/aromatic N) is 4. The number of carbonyl (C=O) groups excluding carboxylic acids is 2. The highest BCUT2D eigenvalue weighted by molar-refractivity contribution is 5.79. The number of likely N-dealkylation sites (tertiary alicyclic amines) is 1. The van der Waals surface area contributed by atoms with Crippen LogP contribution in [0.1, 0.15) is 36.7 Å². The molecule has 9 nitrogen and oxygen atoms in total. The maximum absolute atomic E-state index is 13.3. The van der Waals surface area contributed by atoms with Crippen LogP contribution in [0, 0.1) is 0 Å². The molecule has 2 aromatic carbocycles. The first-order valence-electron chi connectivity index (χ1n) is 12.5. The Morgan fingerprint density at radius 2 is 1.70 bits per heavy atom. The molecule has 1 unspecified atom stereocenters. The van der Waals surface area contributed by atoms with Crippen LogP contribution < -0.4 is 9.47 Å². The lowest BCUT2D eigenvalue weighted by molar-refractivity contribution is -0.136. The summed E-state index contributed by atoms with van der Waals surface area (Å²) in [5.41, 5.74) is 0.328. The topological polar surface area (TPSA) is 94.1 Å². The third-order valence-corrected chi connectivity index (χ3v) is 7.90. The second kappa shape index (κ2) is 9.06. The van der Waals surface area contributed by atoms with E-state index in [4.69, 9.17) is 14.2 Å². The fourth-order valence-electron chi connectivity index (χ4n) is 5.75. The standard InChI is InChI=1S/C28H28N4O5/c1-27(21-6-3-2-4-7-21)28(37-26(34)32(27)18-24-29-12-5-13-30-24)10-14-31(15-11-28)25(33)17-20-8-9-22-23(16-20)36-19-35-22/h2-9,12-13,16H,10-11,14-15,17-19H2,1H3. The zero-order chi connectivity index (χ0) is 25.5. The number of fused-ring (bicyclic) bond motifs is 1. The highest BCUT2D eigenvalue weighted by Gasteiger charge is 2.64. The molecular formula is C28H28N4O5. The van der Waals surface area contributed by atoms with Gasteiger partial charge in [0.1, 0.15) is 17.0 Å². The number of ether oxygens (including phenoxy) is 3. The van der Waals surface area contributed by atoms with E-state index in [9.17, 15) is 9.59 Å². The van der Waals surface area contributed by atoms with E-state index in [1.807, 2.05) is 53.4 Å². The fourth-order valence-corrected chi connectivity index (χ4v) is 5.75. The lowest BCUT2D eigenvalue weighted by Gasteiger charge is -2.48. The average molecular weight is 501 g/mol. The Kier molecular flexibility index (Phi) is 5.70. The predicted molar refractivity (Wildman–Crippen MR) is 133 cm³/mol. The summed E-state index contributed by atoms with van der Waals surface area (Å²) in [7, 11) is 0. The van der Waals surface area contributed by atoms with Gasteiger partial charge in [-0.25, -0.2) is 14.8 Å². The van der Waals surface area contributed by atoms with Gasteiger partial charge in [-0.05, 0) is 36.2 Å². The van der Waals surface area contributed by atoms with Gasteiger partial charge in [0.25, 0.3) is 0 Å². The largest absolute Gasteiger partial charge is 0.454 e. The summed E-state index contributed by atoms with van der Waals surface area (Å²) in [4.78, 5) is 38.8. The van der Waals surface area contributed by atoms with Crippen LogP contribution in [-0.4, -0.2) is 57.3 Å². The molecule has 2 saturated heterocycles. The number of carbonyl (C=O) groups is 2. The van der Waals surface area contributed by atoms with Crippen LogP contribution in [0.3, 0.4) is 0 Å². The smallest absolute Gasteiger partial charge is 0.411 e. The molecule has 0 saturated carbocycles. The van der Waals surface area contributed by atoms with Crippen molar-refractivity contribution in [1.82, 2.24) is 19.8 Å². The number of rotatable bonds is 5. The van der Waals surface area contributed by atoms with Crippen molar-refractivity contribution in [3.8, 4) is 11.5 Å². The monoisotopic (exact) mass is 500 g/mol. The normalized spacial score (nSPS) is 21.8. The van der Waals surface area contributed by atoms with Gasteiger partial charge in [0, 0.05) is 38.3 Å². The average Bonchev–Trinajstić information content (AvgIpc) is 3.47. The highest BCUT2D eigenvalue weighted by atomic mass is 16.7. The maximum Gasteiger partial charge on any atom is 0.411 e. The van der Waals surface area contributed by atoms with E-state index >= 15 is 0 Å². The lowest BCUT2D eigenvalue weighted by Crippen LogP contribution is -2.59. The number of hydrogen-bond donors (Lipinski definition) is 0. The summed E-state index contributed by atoms with van der Waals surface area (Å²) in [5, 5.41) is 0. The van der Waals surface area contributed by atoms with Gasteiger partial charge in [-0.2, -0.15) is 0 Å². The van der Waals surface area contributed by atoms with Gasteiger partial charge >= 0.3 is 6.09 Å². The minimum Gasteiger partial charge on any atom is -0.454 e. The van der Waals surface area contributed by atoms with Gasteiger partial charge < -0.3 is 19.1 Å². The van der Waals surface area contributed by atoms with Crippen molar-refractivity contribution >= 4 is 12.0 Å². The third-order valence-electron chi connectivity index (χ3n) is 7.90. The van der Waals surface area contributed by atoms with Gasteiger partial charge in [-0.1, -0.05) is 36.4 Å². The van der Waals surface area contributed by atoms with Gasteiger partial charge in [0.2, 0.25) is 12.7 Å². The summed E-state index contributed by atoms with van der Waals surface area (Å²) in [5.74, 6) is 1.95. The molecule has 0 radical (unpaired) electrons. The Bertz CT molecular complexity index is 1310. The Labute approximate surface area is 215 Å². The Morgan fingerprint density at radius 3 is 2.46 bits per heavy atom. The molecule has 1 atom stereocenters. The zero-order valence-electron chi connectivity index (χ0n) is 20.6. The van der Waals surface area contributed by atoms with Crippen LogP contribution in [0.5, 0.6) is 11.5 Å². The van der Waals surface area contributed by atoms with E-state index < -0.39 is 11.1 Å². The minimum absolute atomic E-state index is 0.0361. The van der Waals surface area contributed by atoms with Crippen molar-refractivity contribution in [2.24, 2.45) is 0 Å². The van der Waals surface area contributed by atoms with Crippen LogP contribution in [0.2, 0.25) is 0 Å². The number of aromatic nitrogens is 2. The van der Waals surface area contributed by atoms with Gasteiger partial charge in [0.15, 0.2) is 11.5 Å². The van der Waals surface area contributed by atoms with Crippen molar-refractivity contribution in [3.05, 3.63) is 83.9 Å². The molecule has 3 aromatic rings. The number of piperidine rings is 1. The van der Waals surface area contributed by atoms with Crippen LogP contribution in [0.15, 0.2) is 67.0 Å². The van der Waals surface area contributed by atoms with Crippen molar-refractivity contribution < 1.29 is 23.8 Å². The summed E-state index contributed by atoms with van der Waals surface area (Å²) >= 11 is 0. The van der Waals surface area contributed by atoms with Gasteiger partial charge in [0.05, 0.1) is 13.0 Å². The van der Waals surface area contributed by atoms with Gasteiger partial charge in [-0.15, -0.1) is 0 Å². The summed E-state index contributed by atoms with van der Waals surface area (Å²) in [6, 6.07) is 17.3. The van der Waals surface area contributed by atoms with E-state index in [0.717, 1.165) is 11.1 Å². The molecule has 37 heavy (non-hydrogen) atoms. The van der Waals surface area contributed by atoms with Crippen LogP contribution >= 0.6 is 0 Å². The third kappa shape index (κ3) is 3.94. The minimum atomic E-state index is -0.782. The fraction of sp³-hybridized carbons (Fsp3) is 0.357. The molecular weight excluding hydrogens is 472 g/mol. The number of benzene rings is 2. The van der Waals surface area contributed by atoms with Gasteiger partial charge in [-0.3, -0.25) is 9.69 Å². The molecule has 0 aliphatic carbocycles. The number of amides is 2. The molecule has 1 spiro atoms. The molecule has 4 heterocycles. The zero-order valence-corrected chi connectivity index (χ0v) is 20.6. The van der Waals surface area contributed by atoms with E-state index in [-0.39, 0.29) is 31.8 Å². The van der Waals surface area contributed by atoms with Crippen molar-refractivity contribution in [3.63, 3.8) is 0 Å². The first-order chi connectivity index (χ1) is 18.0. The molecule has 0 N–H and O–H groups in total. The molecule has 9 heteroatoms. The van der Waals surface area contributed by atoms with Crippen LogP contribution in [0.25, 0.3) is 0 Å². The van der Waals surface area contributed by atoms with E-state index in [2.05, 4.69) is 16.9 Å². The maximum atomic E-state index is 13.3. The summed E-state index contributed by atoms with van der Waals surface area (Å²) in [6.45, 7) is 3.48. The predicted octanol–water partition coefficient (Wildman–Crippen LogP) is 3.68. The SMILES string of the molecule is CC1(c2ccccc2)N(Cc2ncccn2)C(=O)OC12CCN(C(=O)Cc1ccc3c(c1)OCO3)CC2. The molecule has 2 amide bonds. The Morgan fingerprint density at radius 1 is 0.973 bits per heavy atom. The van der Waals surface area contributed by atoms with Crippen molar-refractivity contribution in [1.29, 1.82) is 0 Å². The first kappa shape index (κ1) is 23.3. The van der Waals surface area contributed by atoms with E-state index in [0.29, 0.717) is 43.3 Å². The lowest BCUT2D eigenvalue weighted by atomic mass is 9.70. The molecule has 3 aliphatic heterocycles. The molecule has 0 bridgehead atoms. The van der Waals surface area contributed by atoms with E-state index in [1.54, 1.807) is 23.4 Å². The summed E-state index contributed by atoms with van der Waals surface area (Å²) < 4.78 is 17.0. The second-order valence-corrected chi connectivity index (χ2v) is 9.80. The second-order valence-electron chi connectivity index (χ2n) is 9.80. The summed E-state index contributed by atoms with van der Waals surface area (Å²) in [6.07, 6.45) is 4.29. The van der Waals surface area contributed by atoms with Crippen LogP contribution in [0.4, 0.5) is 4.79 Å². The quantitative estimate of drug-likeness (QED) is 0.528. The van der Waals surface area contributed by atoms with Crippen molar-refractivity contribution in [2.45, 2.75) is 43.9 Å². The molecule has 6 rings (SSSR count). The first-order valence-corrected chi connectivity index (χ1v) is 12.5. The number of hydrogen-bond acceptors (Lipinski definition) is 7. The molecule has 190 valence electrons. The highest BCUT2D eigenvalue weighted by Crippen LogP contribution is 2.52. The molecule has 1 aromatic heterocycles. The van der Waals surface area contributed by atoms with Crippen molar-refractivity contribution in [2.75, 3.05) is 19.9 Å².